The molecule has 0 aromatic heterocycles. The van der Waals surface area contributed by atoms with Gasteiger partial charge in [0.25, 0.3) is 18.9 Å². The van der Waals surface area contributed by atoms with Crippen molar-refractivity contribution in [3.8, 4) is 5.75 Å². The standard InChI is InChI=1S/C57H78BI2N16O16/c1-72-44(9-5-14-63-46(80)28-66-54(88)50(71-56(90)58-60)70-48(82)30-73-16-17-74(31-49(83)84)19-21-76(33-92-35-78)23-22-75(20-18-73)32-91-34-77)53(87)68-41(8-4-15-64-57(61)62)52(86)69-42(26-36-10-12-38-6-2-3-7-39(38)24-36)51(85)65-29-47(81)67-43(55(72)89)27-37-11-13-45(79)40(59)25-37/h2-3,6-7,10-13,24-25,34-35,41-44,50,79H,4-5,8-9,14-23,26-33H2,1H3,(H,63,80)(H,65,85)(H,66,88)(H,67,81)(H,68,87)(H,69,86)(H,70,82)(H,71,90)(H,83,84)(H4,61,62,64)/t41-,42-,43+,44+,50?/m0/s1. The van der Waals surface area contributed by atoms with Crippen LogP contribution in [0.3, 0.4) is 0 Å². The lowest BCUT2D eigenvalue weighted by Gasteiger charge is -2.33. The van der Waals surface area contributed by atoms with Crippen molar-refractivity contribution in [1.29, 1.82) is 0 Å². The van der Waals surface area contributed by atoms with Gasteiger partial charge < -0.3 is 78.6 Å². The van der Waals surface area contributed by atoms with Gasteiger partial charge in [0.1, 0.15) is 43.4 Å². The summed E-state index contributed by atoms with van der Waals surface area (Å²) in [7, 11) is 1.33. The normalized spacial score (nSPS) is 19.2. The molecule has 2 saturated heterocycles. The molecule has 1 unspecified atom stereocenters. The summed E-state index contributed by atoms with van der Waals surface area (Å²) in [5, 5.41) is 43.5. The van der Waals surface area contributed by atoms with Crippen molar-refractivity contribution in [2.24, 2.45) is 16.5 Å². The Labute approximate surface area is 558 Å². The third-order valence-electron chi connectivity index (χ3n) is 14.8. The lowest BCUT2D eigenvalue weighted by molar-refractivity contribution is -0.142. The molecule has 14 N–H and O–H groups in total. The Morgan fingerprint density at radius 1 is 0.717 bits per heavy atom. The minimum Gasteiger partial charge on any atom is -0.507 e. The molecule has 2 aliphatic heterocycles. The minimum absolute atomic E-state index is 0.00232. The van der Waals surface area contributed by atoms with E-state index in [2.05, 4.69) is 47.5 Å². The van der Waals surface area contributed by atoms with Crippen molar-refractivity contribution in [3.63, 3.8) is 0 Å². The van der Waals surface area contributed by atoms with Gasteiger partial charge in [-0.3, -0.25) is 82.1 Å². The van der Waals surface area contributed by atoms with Crippen LogP contribution in [0.1, 0.15) is 36.8 Å². The molecular weight excluding hydrogens is 1430 g/mol. The molecule has 35 heteroatoms. The van der Waals surface area contributed by atoms with E-state index in [0.717, 1.165) is 20.8 Å². The quantitative estimate of drug-likeness (QED) is 0.00631. The number of amides is 9. The third kappa shape index (κ3) is 26.3. The van der Waals surface area contributed by atoms with E-state index in [0.29, 0.717) is 40.8 Å². The monoisotopic (exact) mass is 1510 g/mol. The van der Waals surface area contributed by atoms with Crippen molar-refractivity contribution in [3.05, 3.63) is 75.4 Å². The Hall–Kier alpha value is -8.01. The second-order valence-electron chi connectivity index (χ2n) is 21.5. The number of benzene rings is 3. The van der Waals surface area contributed by atoms with Gasteiger partial charge >= 0.3 is 11.1 Å². The van der Waals surface area contributed by atoms with Gasteiger partial charge in [-0.05, 0) is 82.3 Å². The van der Waals surface area contributed by atoms with Crippen LogP contribution in [0.5, 0.6) is 5.75 Å². The molecule has 5 atom stereocenters. The van der Waals surface area contributed by atoms with Gasteiger partial charge in [-0.2, -0.15) is 0 Å². The van der Waals surface area contributed by atoms with E-state index < -0.39 is 102 Å². The highest BCUT2D eigenvalue weighted by molar-refractivity contribution is 14.1. The number of nitrogens with two attached hydrogens (primary N) is 2. The molecule has 0 saturated carbocycles. The number of phenols is 1. The number of nitrogens with one attached hydrogen (secondary N) is 8. The maximum Gasteiger partial charge on any atom is 0.317 e. The Balaban J connectivity index is 1.31. The molecule has 92 heavy (non-hydrogen) atoms. The van der Waals surface area contributed by atoms with Crippen molar-refractivity contribution in [1.82, 2.24) is 67.0 Å². The largest absolute Gasteiger partial charge is 0.507 e. The molecule has 2 heterocycles. The van der Waals surface area contributed by atoms with Crippen LogP contribution in [0.4, 0.5) is 4.79 Å². The van der Waals surface area contributed by atoms with Gasteiger partial charge in [0.05, 0.1) is 29.7 Å². The van der Waals surface area contributed by atoms with Crippen LogP contribution in [0, 0.1) is 3.57 Å². The molecule has 2 fully saturated rings. The third-order valence-corrected chi connectivity index (χ3v) is 16.2. The average molecular weight is 1510 g/mol. The number of carbonyl (C=O) groups excluding carboxylic acids is 11. The number of carboxylic acid groups (broad SMARTS) is 1. The Kier molecular flexibility index (Phi) is 32.0. The lowest BCUT2D eigenvalue weighted by atomic mass is 10.00. The zero-order chi connectivity index (χ0) is 67.1. The van der Waals surface area contributed by atoms with E-state index in [1.165, 1.54) is 13.1 Å². The minimum atomic E-state index is -1.71. The molecule has 499 valence electrons. The first kappa shape index (κ1) is 74.7. The number of aliphatic carboxylic acids is 1. The van der Waals surface area contributed by atoms with Crippen LogP contribution in [-0.2, 0) is 75.1 Å². The van der Waals surface area contributed by atoms with Gasteiger partial charge in [0, 0.05) is 85.3 Å². The second kappa shape index (κ2) is 39.4. The molecule has 1 radical (unpaired) electrons. The van der Waals surface area contributed by atoms with E-state index in [9.17, 15) is 67.7 Å². The van der Waals surface area contributed by atoms with Crippen molar-refractivity contribution in [2.75, 3.05) is 112 Å². The predicted octanol–water partition coefficient (Wildman–Crippen LogP) is -3.81. The molecule has 0 spiro atoms. The molecule has 3 aromatic carbocycles. The number of rotatable bonds is 28. The molecule has 9 amide bonds. The first-order valence-corrected chi connectivity index (χ1v) is 31.6. The van der Waals surface area contributed by atoms with E-state index in [1.54, 1.807) is 60.2 Å². The Morgan fingerprint density at radius 2 is 1.32 bits per heavy atom. The first-order chi connectivity index (χ1) is 44.0. The number of hydrogen-bond donors (Lipinski definition) is 12. The fourth-order valence-corrected chi connectivity index (χ4v) is 10.7. The summed E-state index contributed by atoms with van der Waals surface area (Å²) in [5.74, 6) is -8.45. The van der Waals surface area contributed by atoms with E-state index in [4.69, 9.17) is 20.9 Å². The van der Waals surface area contributed by atoms with Gasteiger partial charge in [-0.15, -0.1) is 22.4 Å². The number of likely N-dealkylation sites (N-methyl/N-ethyl adjacent to an activating group) is 1. The summed E-state index contributed by atoms with van der Waals surface area (Å²) in [5.41, 5.74) is 12.3. The van der Waals surface area contributed by atoms with Crippen LogP contribution < -0.4 is 54.0 Å². The van der Waals surface area contributed by atoms with Gasteiger partial charge in [-0.1, -0.05) is 48.5 Å². The smallest absolute Gasteiger partial charge is 0.317 e. The van der Waals surface area contributed by atoms with Crippen LogP contribution in [0.15, 0.2) is 65.7 Å². The summed E-state index contributed by atoms with van der Waals surface area (Å²) in [6.07, 6.45) is -1.91. The average Bonchev–Trinajstić information content (AvgIpc) is 1.31. The Bertz CT molecular complexity index is 3100. The van der Waals surface area contributed by atoms with Crippen LogP contribution >= 0.6 is 45.0 Å². The number of carboxylic acids is 1. The van der Waals surface area contributed by atoms with Crippen LogP contribution in [0.2, 0.25) is 0 Å². The highest BCUT2D eigenvalue weighted by Gasteiger charge is 2.36. The summed E-state index contributed by atoms with van der Waals surface area (Å²) in [4.78, 5) is 171. The molecule has 0 aliphatic carbocycles. The number of fused-ring (bicyclic) bond motifs is 1. The van der Waals surface area contributed by atoms with Crippen molar-refractivity contribution in [2.45, 2.75) is 68.9 Å². The summed E-state index contributed by atoms with van der Waals surface area (Å²) in [6.45, 7) is 0.223. The fraction of sp³-hybridized carbons (Fsp3) is 0.491. The molecule has 5 rings (SSSR count). The van der Waals surface area contributed by atoms with Gasteiger partial charge in [0.15, 0.2) is 17.9 Å². The SMILES string of the molecule is CN1C(=O)[C@@H](Cc2ccc(O)c(I)c2)NC(=O)CNC(=O)[C@H](Cc2ccc3ccccc3c2)NC(=O)[C@H](CCCN=C(N)N)NC(=O)[C@H]1CCCNC(=O)CNC(=O)C(NC(=O)[B]I)NC(=O)CN1CCN(COC=O)CCN(COC=O)CCN(CC(=O)O)CC1. The van der Waals surface area contributed by atoms with Crippen LogP contribution in [0.25, 0.3) is 10.8 Å². The maximum absolute atomic E-state index is 14.7. The first-order valence-electron chi connectivity index (χ1n) is 29.3. The zero-order valence-corrected chi connectivity index (χ0v) is 55.0. The van der Waals surface area contributed by atoms with Gasteiger partial charge in [0.2, 0.25) is 41.4 Å². The summed E-state index contributed by atoms with van der Waals surface area (Å²) >= 11 is 3.54. The maximum atomic E-state index is 14.7. The van der Waals surface area contributed by atoms with Gasteiger partial charge in [-0.25, -0.2) is 0 Å². The number of aromatic hydroxyl groups is 1. The molecule has 2 aliphatic rings. The summed E-state index contributed by atoms with van der Waals surface area (Å²) in [6, 6.07) is 12.3. The van der Waals surface area contributed by atoms with E-state index >= 15 is 0 Å². The predicted molar refractivity (Wildman–Crippen MR) is 351 cm³/mol. The number of halogens is 2. The van der Waals surface area contributed by atoms with E-state index in [1.807, 2.05) is 59.0 Å². The lowest BCUT2D eigenvalue weighted by Crippen LogP contribution is -2.59. The Morgan fingerprint density at radius 3 is 1.93 bits per heavy atom. The number of aliphatic imine (C=N–C) groups is 1. The van der Waals surface area contributed by atoms with Crippen LogP contribution in [-0.4, -0.2) is 260 Å². The number of phenolic OH excluding ortho intramolecular Hbond substituents is 1. The number of ether oxygens (including phenoxy) is 2. The number of guanidine groups is 1. The van der Waals surface area contributed by atoms with Crippen molar-refractivity contribution < 1.29 is 77.2 Å². The number of carbonyl (C=O) groups is 12. The molecular formula is C57H78BI2N16O16. The topological polar surface area (TPSA) is 441 Å². The van der Waals surface area contributed by atoms with E-state index in [-0.39, 0.29) is 129 Å². The molecule has 32 nitrogen and oxygen atoms in total. The second-order valence-corrected chi connectivity index (χ2v) is 23.3. The number of nitrogens with zero attached hydrogens (tertiary/aromatic N) is 6. The van der Waals surface area contributed by atoms with Crippen molar-refractivity contribution >= 4 is 139 Å². The zero-order valence-electron chi connectivity index (χ0n) is 50.7. The number of hydrogen-bond acceptors (Lipinski definition) is 20. The summed E-state index contributed by atoms with van der Waals surface area (Å²) < 4.78 is 10.4. The fourth-order valence-electron chi connectivity index (χ4n) is 9.89. The highest BCUT2D eigenvalue weighted by Crippen LogP contribution is 2.22. The molecule has 0 bridgehead atoms. The highest BCUT2D eigenvalue weighted by atomic mass is 127. The molecule has 3 aromatic rings.